The van der Waals surface area contributed by atoms with E-state index in [0.717, 1.165) is 42.6 Å². The Labute approximate surface area is 525 Å². The summed E-state index contributed by atoms with van der Waals surface area (Å²) in [6.45, 7) is 4.53. The number of aromatic amines is 1. The third-order valence-corrected chi connectivity index (χ3v) is 16.2. The monoisotopic (exact) mass is 1230 g/mol. The Bertz CT molecular complexity index is 4050. The van der Waals surface area contributed by atoms with Gasteiger partial charge in [0.2, 0.25) is 11.8 Å². The molecule has 0 radical (unpaired) electrons. The van der Waals surface area contributed by atoms with Gasteiger partial charge in [-0.3, -0.25) is 34.1 Å². The lowest BCUT2D eigenvalue weighted by Gasteiger charge is -2.16. The van der Waals surface area contributed by atoms with Crippen LogP contribution in [0.25, 0.3) is 22.1 Å². The number of amides is 4. The van der Waals surface area contributed by atoms with Crippen LogP contribution in [0.3, 0.4) is 0 Å². The fraction of sp³-hybridized carbons (Fsp3) is 0.303. The van der Waals surface area contributed by atoms with Crippen molar-refractivity contribution in [3.8, 4) is 28.7 Å². The summed E-state index contributed by atoms with van der Waals surface area (Å²) >= 11 is 0. The summed E-state index contributed by atoms with van der Waals surface area (Å²) in [6.07, 6.45) is 23.1. The minimum Gasteiger partial charge on any atom is -0.497 e. The molecule has 25 nitrogen and oxygen atoms in total. The molecule has 0 spiro atoms. The van der Waals surface area contributed by atoms with Crippen LogP contribution in [0.4, 0.5) is 23.3 Å². The molecular weight excluding hydrogens is 1160 g/mol. The van der Waals surface area contributed by atoms with Gasteiger partial charge >= 0.3 is 0 Å². The highest BCUT2D eigenvalue weighted by Gasteiger charge is 2.31. The largest absolute Gasteiger partial charge is 0.497 e. The van der Waals surface area contributed by atoms with Crippen molar-refractivity contribution in [3.63, 3.8) is 0 Å². The molecule has 4 fully saturated rings. The van der Waals surface area contributed by atoms with Crippen LogP contribution in [0.15, 0.2) is 159 Å². The van der Waals surface area contributed by atoms with E-state index in [1.807, 2.05) is 50.9 Å². The number of fused-ring (bicyclic) bond motifs is 2. The molecule has 2 saturated carbocycles. The smallest absolute Gasteiger partial charge is 0.256 e. The summed E-state index contributed by atoms with van der Waals surface area (Å²) in [4.78, 5) is 84.1. The van der Waals surface area contributed by atoms with E-state index in [9.17, 15) is 19.2 Å². The van der Waals surface area contributed by atoms with Crippen molar-refractivity contribution >= 4 is 69.0 Å². The van der Waals surface area contributed by atoms with Crippen LogP contribution in [0.2, 0.25) is 0 Å². The van der Waals surface area contributed by atoms with Gasteiger partial charge in [0.25, 0.3) is 11.8 Å². The van der Waals surface area contributed by atoms with E-state index < -0.39 is 0 Å². The number of aromatic nitrogens is 10. The fourth-order valence-electron chi connectivity index (χ4n) is 10.8. The highest BCUT2D eigenvalue weighted by molar-refractivity contribution is 6.04. The minimum atomic E-state index is -0.294. The first-order valence-corrected chi connectivity index (χ1v) is 30.3. The van der Waals surface area contributed by atoms with Crippen LogP contribution >= 0.6 is 0 Å². The molecule has 6 aromatic heterocycles. The zero-order valence-electron chi connectivity index (χ0n) is 50.7. The second-order valence-electron chi connectivity index (χ2n) is 22.8. The molecule has 3 aromatic carbocycles. The number of carbonyl (C=O) groups excluding carboxylic acids is 4. The first-order valence-electron chi connectivity index (χ1n) is 30.3. The summed E-state index contributed by atoms with van der Waals surface area (Å²) in [5.41, 5.74) is 3.18. The summed E-state index contributed by atoms with van der Waals surface area (Å²) in [6, 6.07) is 29.7. The summed E-state index contributed by atoms with van der Waals surface area (Å²) < 4.78 is 19.8. The number of carbonyl (C=O) groups is 4. The first kappa shape index (κ1) is 60.6. The molecule has 0 bridgehead atoms. The van der Waals surface area contributed by atoms with Crippen LogP contribution in [0.1, 0.15) is 64.8 Å². The lowest BCUT2D eigenvalue weighted by atomic mass is 10.2. The first-order chi connectivity index (χ1) is 44.5. The number of likely N-dealkylation sites (tertiary alicyclic amines) is 2. The lowest BCUT2D eigenvalue weighted by molar-refractivity contribution is -0.125. The maximum atomic E-state index is 13.0. The highest BCUT2D eigenvalue weighted by Crippen LogP contribution is 2.37. The Hall–Kier alpha value is -10.7. The number of hydrogen-bond donors (Lipinski definition) is 5. The second kappa shape index (κ2) is 28.2. The standard InChI is InChI=1S/C37H39N9O4.C29H31N9O3/c1-44(28-9-10-28)20-3-4-33(47)45-21-17-27(23-45)41-35-34-31(15-19-39-36(34)46(43-35)22-25-5-11-29(49-2)12-6-25)50-30-13-7-26(8-14-30)37(48)42-32-16-18-38-24-40-32;1-37(21-6-7-21)15-2-3-25(39)38-16-12-20(17-38)33-28-26-23(10-14-31-27(26)35-36-28)41-22-8-4-19(5-9-22)29(40)34-24-11-13-30-18-32-24/h3-8,11-16,18-19,24,27-28H,9-10,17,20-23H2,1-2H3,(H,41,43)(H,38,40,42,48);2-5,8-11,13-14,18,20-21H,6-7,12,15-17H2,1H3,(H,30,32,34,40)(H2,31,33,35,36)/b4-3+;3-2+/t27-;20-/m11/s1. The number of likely N-dealkylation sites (N-methyl/N-ethyl adjacent to an activating group) is 2. The molecule has 466 valence electrons. The van der Waals surface area contributed by atoms with Gasteiger partial charge in [0.1, 0.15) is 63.8 Å². The number of nitrogens with one attached hydrogen (secondary N) is 5. The van der Waals surface area contributed by atoms with E-state index in [0.29, 0.717) is 119 Å². The van der Waals surface area contributed by atoms with Gasteiger partial charge in [-0.25, -0.2) is 34.6 Å². The van der Waals surface area contributed by atoms with Crippen molar-refractivity contribution in [2.45, 2.75) is 69.2 Å². The van der Waals surface area contributed by atoms with E-state index in [4.69, 9.17) is 24.3 Å². The van der Waals surface area contributed by atoms with Crippen molar-refractivity contribution in [1.82, 2.24) is 69.5 Å². The third kappa shape index (κ3) is 15.6. The normalized spacial score (nSPS) is 16.4. The molecular formula is C66H70N18O7. The maximum absolute atomic E-state index is 13.0. The van der Waals surface area contributed by atoms with Gasteiger partial charge in [0, 0.05) is 124 Å². The molecule has 2 saturated heterocycles. The van der Waals surface area contributed by atoms with Gasteiger partial charge in [-0.05, 0) is 131 Å². The molecule has 0 unspecified atom stereocenters. The molecule has 13 rings (SSSR count). The Kier molecular flexibility index (Phi) is 18.8. The van der Waals surface area contributed by atoms with Crippen molar-refractivity contribution < 1.29 is 33.4 Å². The van der Waals surface area contributed by atoms with E-state index in [2.05, 4.69) is 80.3 Å². The highest BCUT2D eigenvalue weighted by atomic mass is 16.5. The van der Waals surface area contributed by atoms with Crippen LogP contribution in [-0.2, 0) is 16.1 Å². The average molecular weight is 1230 g/mol. The molecule has 25 heteroatoms. The molecule has 4 aliphatic rings. The second-order valence-corrected chi connectivity index (χ2v) is 22.8. The minimum absolute atomic E-state index is 0.00485. The molecule has 91 heavy (non-hydrogen) atoms. The maximum Gasteiger partial charge on any atom is 0.256 e. The Balaban J connectivity index is 0.000000179. The van der Waals surface area contributed by atoms with Gasteiger partial charge < -0.3 is 45.3 Å². The van der Waals surface area contributed by atoms with E-state index >= 15 is 0 Å². The fourth-order valence-corrected chi connectivity index (χ4v) is 10.8. The van der Waals surface area contributed by atoms with Crippen LogP contribution in [0, 0.1) is 0 Å². The SMILES string of the molecule is CN(C/C=C/C(=O)N1CC[C@@H](Nc2n[nH]c3nccc(Oc4ccc(C(=O)Nc5ccncn5)cc4)c23)C1)C1CC1.COc1ccc(Cn2nc(N[C@@H]3CCN(C(=O)/C=C/CN(C)C4CC4)C3)c3c(Oc4ccc(C(=O)Nc5ccncn5)cc4)ccnc32)cc1. The molecule has 2 aliphatic carbocycles. The zero-order valence-corrected chi connectivity index (χ0v) is 50.7. The molecule has 5 N–H and O–H groups in total. The number of H-pyrrole nitrogens is 1. The Morgan fingerprint density at radius 2 is 1.09 bits per heavy atom. The number of nitrogens with zero attached hydrogens (tertiary/aromatic N) is 13. The number of benzene rings is 3. The Morgan fingerprint density at radius 1 is 0.582 bits per heavy atom. The van der Waals surface area contributed by atoms with Gasteiger partial charge in [-0.15, -0.1) is 0 Å². The van der Waals surface area contributed by atoms with Gasteiger partial charge in [0.05, 0.1) is 13.7 Å². The molecule has 2 atom stereocenters. The van der Waals surface area contributed by atoms with Crippen molar-refractivity contribution in [3.05, 3.63) is 175 Å². The molecule has 2 aliphatic heterocycles. The number of ether oxygens (including phenoxy) is 3. The number of methoxy groups -OCH3 is 1. The van der Waals surface area contributed by atoms with Crippen LogP contribution in [0.5, 0.6) is 28.7 Å². The van der Waals surface area contributed by atoms with E-state index in [1.54, 1.807) is 117 Å². The van der Waals surface area contributed by atoms with Crippen LogP contribution < -0.4 is 35.5 Å². The molecule has 8 heterocycles. The predicted octanol–water partition coefficient (Wildman–Crippen LogP) is 8.44. The summed E-state index contributed by atoms with van der Waals surface area (Å²) in [7, 11) is 5.84. The van der Waals surface area contributed by atoms with Crippen molar-refractivity contribution in [2.75, 3.05) is 81.7 Å². The van der Waals surface area contributed by atoms with E-state index in [1.165, 1.54) is 38.3 Å². The van der Waals surface area contributed by atoms with Crippen LogP contribution in [-0.4, -0.2) is 178 Å². The number of pyridine rings is 2. The van der Waals surface area contributed by atoms with Gasteiger partial charge in [0.15, 0.2) is 22.9 Å². The number of hydrogen-bond acceptors (Lipinski definition) is 19. The topological polar surface area (TPSA) is 281 Å². The van der Waals surface area contributed by atoms with Gasteiger partial charge in [-0.2, -0.15) is 10.2 Å². The van der Waals surface area contributed by atoms with Gasteiger partial charge in [-0.1, -0.05) is 24.3 Å². The number of anilines is 4. The molecule has 4 amide bonds. The Morgan fingerprint density at radius 3 is 1.59 bits per heavy atom. The van der Waals surface area contributed by atoms with Crippen molar-refractivity contribution in [2.24, 2.45) is 0 Å². The zero-order chi connectivity index (χ0) is 62.6. The summed E-state index contributed by atoms with van der Waals surface area (Å²) in [5.74, 6) is 4.56. The molecule has 9 aromatic rings. The average Bonchev–Trinajstić information content (AvgIpc) is 1.72. The lowest BCUT2D eigenvalue weighted by Crippen LogP contribution is -2.30. The predicted molar refractivity (Wildman–Crippen MR) is 343 cm³/mol. The number of rotatable bonds is 23. The summed E-state index contributed by atoms with van der Waals surface area (Å²) in [5, 5.41) is 26.4. The quantitative estimate of drug-likeness (QED) is 0.0376. The van der Waals surface area contributed by atoms with E-state index in [-0.39, 0.29) is 35.7 Å². The third-order valence-electron chi connectivity index (χ3n) is 16.2. The van der Waals surface area contributed by atoms with Crippen molar-refractivity contribution in [1.29, 1.82) is 0 Å².